The number of carbonyl (C=O) groups is 2. The minimum absolute atomic E-state index is 0.0205. The van der Waals surface area contributed by atoms with Crippen molar-refractivity contribution in [1.29, 1.82) is 0 Å². The Labute approximate surface area is 168 Å². The van der Waals surface area contributed by atoms with Gasteiger partial charge in [0.2, 0.25) is 11.8 Å². The summed E-state index contributed by atoms with van der Waals surface area (Å²) < 4.78 is 0. The molecule has 0 aromatic heterocycles. The van der Waals surface area contributed by atoms with Gasteiger partial charge in [-0.15, -0.1) is 0 Å². The zero-order valence-corrected chi connectivity index (χ0v) is 16.9. The lowest BCUT2D eigenvalue weighted by Crippen LogP contribution is -2.43. The predicted octanol–water partition coefficient (Wildman–Crippen LogP) is 3.82. The van der Waals surface area contributed by atoms with Gasteiger partial charge in [-0.25, -0.2) is 0 Å². The Morgan fingerprint density at radius 3 is 2.32 bits per heavy atom. The fourth-order valence-corrected chi connectivity index (χ4v) is 3.86. The maximum Gasteiger partial charge on any atom is 0.225 e. The smallest absolute Gasteiger partial charge is 0.225 e. The van der Waals surface area contributed by atoms with E-state index in [1.807, 2.05) is 47.2 Å². The topological polar surface area (TPSA) is 40.6 Å². The zero-order chi connectivity index (χ0) is 19.9. The van der Waals surface area contributed by atoms with Crippen LogP contribution in [0.25, 0.3) is 0 Å². The average Bonchev–Trinajstić information content (AvgIpc) is 2.74. The van der Waals surface area contributed by atoms with Crippen molar-refractivity contribution in [1.82, 2.24) is 9.80 Å². The molecule has 0 saturated carbocycles. The first-order valence-electron chi connectivity index (χ1n) is 10.2. The maximum absolute atomic E-state index is 12.8. The van der Waals surface area contributed by atoms with E-state index < -0.39 is 0 Å². The standard InChI is InChI=1S/C24H30N2O2/c1-19-8-6-7-11-22(19)18-25(2)24(28)21-14-16-26(17-15-21)23(27)13-12-20-9-4-3-5-10-20/h3-11,21H,12-18H2,1-2H3. The number of hydrogen-bond acceptors (Lipinski definition) is 2. The van der Waals surface area contributed by atoms with E-state index in [0.717, 1.165) is 19.3 Å². The van der Waals surface area contributed by atoms with Crippen LogP contribution in [0, 0.1) is 12.8 Å². The van der Waals surface area contributed by atoms with Gasteiger partial charge in [0.05, 0.1) is 0 Å². The molecule has 0 spiro atoms. The van der Waals surface area contributed by atoms with Crippen LogP contribution in [0.3, 0.4) is 0 Å². The van der Waals surface area contributed by atoms with E-state index in [0.29, 0.717) is 26.1 Å². The summed E-state index contributed by atoms with van der Waals surface area (Å²) in [5.74, 6) is 0.412. The molecule has 4 heteroatoms. The molecule has 0 unspecified atom stereocenters. The van der Waals surface area contributed by atoms with Crippen molar-refractivity contribution in [2.24, 2.45) is 5.92 Å². The highest BCUT2D eigenvalue weighted by Gasteiger charge is 2.29. The summed E-state index contributed by atoms with van der Waals surface area (Å²) in [7, 11) is 1.88. The van der Waals surface area contributed by atoms with Gasteiger partial charge in [-0.1, -0.05) is 54.6 Å². The second-order valence-electron chi connectivity index (χ2n) is 7.76. The van der Waals surface area contributed by atoms with Gasteiger partial charge >= 0.3 is 0 Å². The van der Waals surface area contributed by atoms with E-state index in [1.165, 1.54) is 16.7 Å². The summed E-state index contributed by atoms with van der Waals surface area (Å²) in [5, 5.41) is 0. The third-order valence-electron chi connectivity index (χ3n) is 5.71. The first kappa shape index (κ1) is 20.1. The lowest BCUT2D eigenvalue weighted by atomic mass is 9.94. The number of amides is 2. The Bertz CT molecular complexity index is 795. The normalized spacial score (nSPS) is 14.7. The van der Waals surface area contributed by atoms with Gasteiger partial charge in [-0.3, -0.25) is 9.59 Å². The largest absolute Gasteiger partial charge is 0.343 e. The first-order valence-corrected chi connectivity index (χ1v) is 10.2. The number of rotatable bonds is 6. The van der Waals surface area contributed by atoms with E-state index in [1.54, 1.807) is 0 Å². The number of likely N-dealkylation sites (tertiary alicyclic amines) is 1. The van der Waals surface area contributed by atoms with Crippen molar-refractivity contribution >= 4 is 11.8 Å². The van der Waals surface area contributed by atoms with Crippen LogP contribution in [-0.4, -0.2) is 41.8 Å². The lowest BCUT2D eigenvalue weighted by molar-refractivity contribution is -0.140. The zero-order valence-electron chi connectivity index (χ0n) is 16.9. The number of piperidine rings is 1. The van der Waals surface area contributed by atoms with Crippen LogP contribution in [-0.2, 0) is 22.6 Å². The number of aryl methyl sites for hydroxylation is 2. The van der Waals surface area contributed by atoms with Crippen LogP contribution >= 0.6 is 0 Å². The Hall–Kier alpha value is -2.62. The molecule has 4 nitrogen and oxygen atoms in total. The predicted molar refractivity (Wildman–Crippen MR) is 112 cm³/mol. The third kappa shape index (κ3) is 5.22. The average molecular weight is 379 g/mol. The number of carbonyl (C=O) groups excluding carboxylic acids is 2. The number of nitrogens with zero attached hydrogens (tertiary/aromatic N) is 2. The molecule has 2 aromatic rings. The van der Waals surface area contributed by atoms with Gasteiger partial charge in [0, 0.05) is 39.0 Å². The van der Waals surface area contributed by atoms with Crippen LogP contribution in [0.1, 0.15) is 36.0 Å². The monoisotopic (exact) mass is 378 g/mol. The van der Waals surface area contributed by atoms with Crippen LogP contribution in [0.5, 0.6) is 0 Å². The molecule has 28 heavy (non-hydrogen) atoms. The van der Waals surface area contributed by atoms with Gasteiger partial charge in [0.25, 0.3) is 0 Å². The van der Waals surface area contributed by atoms with Crippen LogP contribution in [0.4, 0.5) is 0 Å². The molecule has 0 bridgehead atoms. The van der Waals surface area contributed by atoms with Crippen molar-refractivity contribution in [3.8, 4) is 0 Å². The van der Waals surface area contributed by atoms with Gasteiger partial charge < -0.3 is 9.80 Å². The van der Waals surface area contributed by atoms with E-state index in [-0.39, 0.29) is 17.7 Å². The molecule has 0 N–H and O–H groups in total. The molecule has 148 valence electrons. The molecule has 1 saturated heterocycles. The summed E-state index contributed by atoms with van der Waals surface area (Å²) in [6.45, 7) is 4.08. The SMILES string of the molecule is Cc1ccccc1CN(C)C(=O)C1CCN(C(=O)CCc2ccccc2)CC1. The Morgan fingerprint density at radius 2 is 1.64 bits per heavy atom. The highest BCUT2D eigenvalue weighted by molar-refractivity contribution is 5.80. The van der Waals surface area contributed by atoms with E-state index >= 15 is 0 Å². The molecule has 1 aliphatic rings. The van der Waals surface area contributed by atoms with Gasteiger partial charge in [0.15, 0.2) is 0 Å². The van der Waals surface area contributed by atoms with E-state index in [2.05, 4.69) is 31.2 Å². The summed E-state index contributed by atoms with van der Waals surface area (Å²) in [4.78, 5) is 29.1. The molecule has 0 aliphatic carbocycles. The summed E-state index contributed by atoms with van der Waals surface area (Å²) in [6, 6.07) is 18.3. The molecule has 1 fully saturated rings. The Morgan fingerprint density at radius 1 is 1.00 bits per heavy atom. The van der Waals surface area contributed by atoms with Crippen LogP contribution < -0.4 is 0 Å². The third-order valence-corrected chi connectivity index (χ3v) is 5.71. The number of hydrogen-bond donors (Lipinski definition) is 0. The van der Waals surface area contributed by atoms with Crippen LogP contribution in [0.2, 0.25) is 0 Å². The second kappa shape index (κ2) is 9.54. The van der Waals surface area contributed by atoms with E-state index in [9.17, 15) is 9.59 Å². The fraction of sp³-hybridized carbons (Fsp3) is 0.417. The quantitative estimate of drug-likeness (QED) is 0.767. The van der Waals surface area contributed by atoms with Crippen molar-refractivity contribution in [2.75, 3.05) is 20.1 Å². The Balaban J connectivity index is 1.45. The molecular weight excluding hydrogens is 348 g/mol. The van der Waals surface area contributed by atoms with Crippen molar-refractivity contribution in [2.45, 2.75) is 39.2 Å². The van der Waals surface area contributed by atoms with Crippen molar-refractivity contribution in [3.05, 3.63) is 71.3 Å². The first-order chi connectivity index (χ1) is 13.5. The molecule has 2 amide bonds. The highest BCUT2D eigenvalue weighted by atomic mass is 16.2. The summed E-state index contributed by atoms with van der Waals surface area (Å²) >= 11 is 0. The van der Waals surface area contributed by atoms with Gasteiger partial charge in [0.1, 0.15) is 0 Å². The Kier molecular flexibility index (Phi) is 6.85. The lowest BCUT2D eigenvalue weighted by Gasteiger charge is -2.33. The maximum atomic E-state index is 12.8. The summed E-state index contributed by atoms with van der Waals surface area (Å²) in [6.07, 6.45) is 2.83. The molecular formula is C24H30N2O2. The molecule has 2 aromatic carbocycles. The molecule has 1 heterocycles. The van der Waals surface area contributed by atoms with Gasteiger partial charge in [-0.2, -0.15) is 0 Å². The summed E-state index contributed by atoms with van der Waals surface area (Å²) in [5.41, 5.74) is 3.59. The molecule has 0 radical (unpaired) electrons. The highest BCUT2D eigenvalue weighted by Crippen LogP contribution is 2.21. The second-order valence-corrected chi connectivity index (χ2v) is 7.76. The van der Waals surface area contributed by atoms with Crippen LogP contribution in [0.15, 0.2) is 54.6 Å². The fourth-order valence-electron chi connectivity index (χ4n) is 3.86. The van der Waals surface area contributed by atoms with Crippen molar-refractivity contribution in [3.63, 3.8) is 0 Å². The van der Waals surface area contributed by atoms with E-state index in [4.69, 9.17) is 0 Å². The minimum atomic E-state index is 0.0205. The minimum Gasteiger partial charge on any atom is -0.343 e. The number of benzene rings is 2. The van der Waals surface area contributed by atoms with Crippen molar-refractivity contribution < 1.29 is 9.59 Å². The molecule has 1 aliphatic heterocycles. The molecule has 0 atom stereocenters. The van der Waals surface area contributed by atoms with Gasteiger partial charge in [-0.05, 0) is 42.9 Å². The molecule has 3 rings (SSSR count).